The number of aliphatic hydroxyl groups is 1. The second-order valence-electron chi connectivity index (χ2n) is 8.76. The van der Waals surface area contributed by atoms with Crippen LogP contribution < -0.4 is 11.1 Å². The molecule has 0 unspecified atom stereocenters. The quantitative estimate of drug-likeness (QED) is 0.428. The Morgan fingerprint density at radius 1 is 1.26 bits per heavy atom. The predicted molar refractivity (Wildman–Crippen MR) is 120 cm³/mol. The molecule has 4 rings (SSSR count). The highest BCUT2D eigenvalue weighted by atomic mass is 32.2. The molecule has 3 aliphatic heterocycles. The SMILES string of the molecule is C[C@H]1C(S[C@@H]2CN[C@@H](CCc3ccc(CN)cc3)C2)=C(C(=O)O)N2C(=O)[C@@H](CCO)[C@@H]12. The number of fused-ring (bicyclic) bond motifs is 1. The fourth-order valence-corrected chi connectivity index (χ4v) is 6.67. The molecule has 5 atom stereocenters. The van der Waals surface area contributed by atoms with Crippen molar-refractivity contribution < 1.29 is 19.8 Å². The van der Waals surface area contributed by atoms with Crippen molar-refractivity contribution in [3.05, 3.63) is 46.0 Å². The molecule has 0 saturated carbocycles. The summed E-state index contributed by atoms with van der Waals surface area (Å²) < 4.78 is 0. The molecule has 31 heavy (non-hydrogen) atoms. The van der Waals surface area contributed by atoms with Crippen molar-refractivity contribution >= 4 is 23.6 Å². The molecule has 1 amide bonds. The first-order chi connectivity index (χ1) is 14.9. The number of hydrogen-bond acceptors (Lipinski definition) is 6. The third-order valence-corrected chi connectivity index (χ3v) is 8.33. The zero-order valence-corrected chi connectivity index (χ0v) is 18.6. The van der Waals surface area contributed by atoms with Gasteiger partial charge < -0.3 is 26.2 Å². The number of carbonyl (C=O) groups is 2. The van der Waals surface area contributed by atoms with E-state index in [9.17, 15) is 19.8 Å². The Balaban J connectivity index is 1.36. The number of carboxylic acids is 1. The van der Waals surface area contributed by atoms with Crippen LogP contribution >= 0.6 is 11.8 Å². The number of carboxylic acid groups (broad SMARTS) is 1. The lowest BCUT2D eigenvalue weighted by molar-refractivity contribution is -0.157. The molecule has 1 aromatic rings. The van der Waals surface area contributed by atoms with Crippen LogP contribution in [0.1, 0.15) is 37.3 Å². The minimum Gasteiger partial charge on any atom is -0.477 e. The summed E-state index contributed by atoms with van der Waals surface area (Å²) >= 11 is 1.63. The van der Waals surface area contributed by atoms with Gasteiger partial charge in [-0.15, -0.1) is 11.8 Å². The van der Waals surface area contributed by atoms with E-state index in [0.29, 0.717) is 24.3 Å². The van der Waals surface area contributed by atoms with Crippen LogP contribution in [-0.2, 0) is 22.6 Å². The number of nitrogens with two attached hydrogens (primary N) is 1. The Morgan fingerprint density at radius 3 is 2.61 bits per heavy atom. The Hall–Kier alpha value is -1.87. The van der Waals surface area contributed by atoms with Gasteiger partial charge in [0.25, 0.3) is 0 Å². The number of β-lactam (4-membered cyclic amide) rings is 1. The largest absolute Gasteiger partial charge is 0.477 e. The third-order valence-electron chi connectivity index (χ3n) is 6.82. The first-order valence-electron chi connectivity index (χ1n) is 11.0. The van der Waals surface area contributed by atoms with Crippen molar-refractivity contribution in [2.45, 2.75) is 56.5 Å². The van der Waals surface area contributed by atoms with Crippen LogP contribution in [-0.4, -0.2) is 57.5 Å². The van der Waals surface area contributed by atoms with Gasteiger partial charge in [0.2, 0.25) is 5.91 Å². The van der Waals surface area contributed by atoms with Crippen molar-refractivity contribution in [1.82, 2.24) is 10.2 Å². The maximum Gasteiger partial charge on any atom is 0.353 e. The molecule has 1 aromatic carbocycles. The van der Waals surface area contributed by atoms with E-state index in [-0.39, 0.29) is 36.1 Å². The number of amides is 1. The van der Waals surface area contributed by atoms with Crippen molar-refractivity contribution in [1.29, 1.82) is 0 Å². The number of hydrogen-bond donors (Lipinski definition) is 4. The molecular weight excluding hydrogens is 414 g/mol. The lowest BCUT2D eigenvalue weighted by atomic mass is 9.80. The normalized spacial score (nSPS) is 30.0. The van der Waals surface area contributed by atoms with Crippen LogP contribution in [0.3, 0.4) is 0 Å². The third kappa shape index (κ3) is 4.26. The Labute approximate surface area is 187 Å². The molecule has 0 spiro atoms. The zero-order valence-electron chi connectivity index (χ0n) is 17.8. The van der Waals surface area contributed by atoms with Gasteiger partial charge in [-0.05, 0) is 36.8 Å². The first-order valence-corrected chi connectivity index (χ1v) is 11.9. The molecule has 2 saturated heterocycles. The van der Waals surface area contributed by atoms with E-state index in [1.807, 2.05) is 6.92 Å². The molecule has 7 nitrogen and oxygen atoms in total. The highest BCUT2D eigenvalue weighted by Crippen LogP contribution is 2.51. The van der Waals surface area contributed by atoms with Gasteiger partial charge in [-0.2, -0.15) is 0 Å². The van der Waals surface area contributed by atoms with Crippen molar-refractivity contribution in [3.63, 3.8) is 0 Å². The van der Waals surface area contributed by atoms with E-state index in [2.05, 4.69) is 29.6 Å². The van der Waals surface area contributed by atoms with Gasteiger partial charge in [-0.3, -0.25) is 4.79 Å². The smallest absolute Gasteiger partial charge is 0.353 e. The molecular formula is C23H31N3O4S. The van der Waals surface area contributed by atoms with Crippen LogP contribution in [0.15, 0.2) is 34.9 Å². The van der Waals surface area contributed by atoms with Crippen molar-refractivity contribution in [3.8, 4) is 0 Å². The molecule has 0 radical (unpaired) electrons. The van der Waals surface area contributed by atoms with E-state index >= 15 is 0 Å². The average Bonchev–Trinajstić information content (AvgIpc) is 3.32. The first kappa shape index (κ1) is 22.3. The monoisotopic (exact) mass is 445 g/mol. The van der Waals surface area contributed by atoms with Crippen LogP contribution in [0.25, 0.3) is 0 Å². The number of aliphatic carboxylic acids is 1. The van der Waals surface area contributed by atoms with Gasteiger partial charge >= 0.3 is 5.97 Å². The highest BCUT2D eigenvalue weighted by molar-refractivity contribution is 8.03. The second-order valence-corrected chi connectivity index (χ2v) is 10.1. The Bertz CT molecular complexity index is 872. The molecule has 5 N–H and O–H groups in total. The molecule has 3 aliphatic rings. The molecule has 168 valence electrons. The molecule has 3 heterocycles. The molecule has 0 bridgehead atoms. The maximum atomic E-state index is 12.5. The van der Waals surface area contributed by atoms with Gasteiger partial charge in [0.15, 0.2) is 0 Å². The lowest BCUT2D eigenvalue weighted by Crippen LogP contribution is -2.60. The van der Waals surface area contributed by atoms with Crippen molar-refractivity contribution in [2.24, 2.45) is 17.6 Å². The second kappa shape index (κ2) is 9.32. The summed E-state index contributed by atoms with van der Waals surface area (Å²) in [6.07, 6.45) is 3.40. The van der Waals surface area contributed by atoms with Crippen LogP contribution in [0.5, 0.6) is 0 Å². The van der Waals surface area contributed by atoms with E-state index in [0.717, 1.165) is 36.3 Å². The number of rotatable bonds is 9. The van der Waals surface area contributed by atoms with Gasteiger partial charge in [0, 0.05) is 41.8 Å². The Morgan fingerprint density at radius 2 is 1.97 bits per heavy atom. The summed E-state index contributed by atoms with van der Waals surface area (Å²) in [5.74, 6) is -1.48. The standard InChI is InChI=1S/C23H31N3O4S/c1-13-19-18(8-9-27)22(28)26(19)20(23(29)30)21(13)31-17-10-16(25-12-17)7-6-14-2-4-15(11-24)5-3-14/h2-5,13,16-19,25,27H,6-12,24H2,1H3,(H,29,30)/t13-,16+,17+,18+,19-/m1/s1. The minimum absolute atomic E-state index is 0.00883. The van der Waals surface area contributed by atoms with Gasteiger partial charge in [-0.25, -0.2) is 4.79 Å². The minimum atomic E-state index is -1.03. The van der Waals surface area contributed by atoms with Crippen LogP contribution in [0.4, 0.5) is 0 Å². The van der Waals surface area contributed by atoms with E-state index < -0.39 is 5.97 Å². The van der Waals surface area contributed by atoms with E-state index in [1.165, 1.54) is 10.5 Å². The number of thioether (sulfide) groups is 1. The summed E-state index contributed by atoms with van der Waals surface area (Å²) in [4.78, 5) is 26.7. The number of carbonyl (C=O) groups excluding carboxylic acids is 1. The highest BCUT2D eigenvalue weighted by Gasteiger charge is 2.58. The number of benzene rings is 1. The Kier molecular flexibility index (Phi) is 6.71. The lowest BCUT2D eigenvalue weighted by Gasteiger charge is -2.45. The van der Waals surface area contributed by atoms with Crippen LogP contribution in [0, 0.1) is 11.8 Å². The van der Waals surface area contributed by atoms with Crippen LogP contribution in [0.2, 0.25) is 0 Å². The molecule has 0 aromatic heterocycles. The summed E-state index contributed by atoms with van der Waals surface area (Å²) in [5, 5.41) is 22.9. The van der Waals surface area contributed by atoms with E-state index in [4.69, 9.17) is 5.73 Å². The topological polar surface area (TPSA) is 116 Å². The molecule has 2 fully saturated rings. The predicted octanol–water partition coefficient (Wildman–Crippen LogP) is 1.70. The average molecular weight is 446 g/mol. The van der Waals surface area contributed by atoms with E-state index in [1.54, 1.807) is 11.8 Å². The summed E-state index contributed by atoms with van der Waals surface area (Å²) in [6, 6.07) is 8.70. The number of nitrogens with one attached hydrogen (secondary N) is 1. The van der Waals surface area contributed by atoms with Crippen molar-refractivity contribution in [2.75, 3.05) is 13.2 Å². The zero-order chi connectivity index (χ0) is 22.1. The summed E-state index contributed by atoms with van der Waals surface area (Å²) in [6.45, 7) is 3.35. The molecule has 0 aliphatic carbocycles. The number of aliphatic hydroxyl groups excluding tert-OH is 1. The number of nitrogens with zero attached hydrogens (tertiary/aromatic N) is 1. The van der Waals surface area contributed by atoms with Gasteiger partial charge in [-0.1, -0.05) is 31.2 Å². The fourth-order valence-electron chi connectivity index (χ4n) is 5.15. The van der Waals surface area contributed by atoms with Gasteiger partial charge in [0.1, 0.15) is 5.70 Å². The van der Waals surface area contributed by atoms with Gasteiger partial charge in [0.05, 0.1) is 12.0 Å². The number of aryl methyl sites for hydroxylation is 1. The molecule has 8 heteroatoms. The summed E-state index contributed by atoms with van der Waals surface area (Å²) in [5.41, 5.74) is 8.25. The fraction of sp³-hybridized carbons (Fsp3) is 0.565. The maximum absolute atomic E-state index is 12.5. The summed E-state index contributed by atoms with van der Waals surface area (Å²) in [7, 11) is 0.